The van der Waals surface area contributed by atoms with Gasteiger partial charge in [0.2, 0.25) is 0 Å². The molecule has 1 aliphatic rings. The predicted octanol–water partition coefficient (Wildman–Crippen LogP) is 1.69. The monoisotopic (exact) mass is 389 g/mol. The Morgan fingerprint density at radius 2 is 2.26 bits per heavy atom. The van der Waals surface area contributed by atoms with E-state index in [4.69, 9.17) is 11.1 Å². The van der Waals surface area contributed by atoms with Crippen molar-refractivity contribution >= 4 is 41.5 Å². The van der Waals surface area contributed by atoms with E-state index in [1.165, 1.54) is 12.8 Å². The number of hydrogen-bond acceptors (Lipinski definition) is 2. The SMILES string of the molecule is N=C(N)[Se]Cc1cc(Br)ccc1C(=O)NCC1CC1. The van der Waals surface area contributed by atoms with Gasteiger partial charge in [-0.25, -0.2) is 0 Å². The molecule has 19 heavy (non-hydrogen) atoms. The van der Waals surface area contributed by atoms with E-state index in [0.717, 1.165) is 16.6 Å². The predicted molar refractivity (Wildman–Crippen MR) is 80.6 cm³/mol. The van der Waals surface area contributed by atoms with Crippen LogP contribution in [-0.4, -0.2) is 32.1 Å². The molecule has 0 aromatic heterocycles. The third kappa shape index (κ3) is 4.64. The maximum absolute atomic E-state index is 12.1. The van der Waals surface area contributed by atoms with Crippen molar-refractivity contribution < 1.29 is 4.79 Å². The fourth-order valence-electron chi connectivity index (χ4n) is 1.71. The van der Waals surface area contributed by atoms with Crippen LogP contribution in [-0.2, 0) is 5.32 Å². The van der Waals surface area contributed by atoms with Crippen LogP contribution in [0.4, 0.5) is 0 Å². The van der Waals surface area contributed by atoms with E-state index in [1.54, 1.807) is 0 Å². The molecule has 4 N–H and O–H groups in total. The summed E-state index contributed by atoms with van der Waals surface area (Å²) in [6.07, 6.45) is 2.45. The fraction of sp³-hybridized carbons (Fsp3) is 0.385. The normalized spacial score (nSPS) is 14.2. The van der Waals surface area contributed by atoms with Gasteiger partial charge in [0.25, 0.3) is 0 Å². The molecule has 1 aliphatic carbocycles. The molecule has 1 saturated carbocycles. The standard InChI is InChI=1S/C13H16BrN3OSe/c14-10-3-4-11(9(5-10)7-19-13(15)16)12(18)17-6-8-1-2-8/h3-5,8H,1-2,6-7H2,(H3,15,16)(H,17,18). The first-order valence-electron chi connectivity index (χ1n) is 6.09. The number of nitrogens with two attached hydrogens (primary N) is 1. The third-order valence-corrected chi connectivity index (χ3v) is 5.04. The summed E-state index contributed by atoms with van der Waals surface area (Å²) in [6.45, 7) is 0.770. The summed E-state index contributed by atoms with van der Waals surface area (Å²) in [5.74, 6) is 0.651. The number of carbonyl (C=O) groups is 1. The number of halogens is 1. The molecule has 102 valence electrons. The zero-order chi connectivity index (χ0) is 13.8. The molecule has 0 spiro atoms. The summed E-state index contributed by atoms with van der Waals surface area (Å²) >= 11 is 3.32. The molecule has 0 aliphatic heterocycles. The van der Waals surface area contributed by atoms with Gasteiger partial charge in [-0.05, 0) is 0 Å². The Morgan fingerprint density at radius 3 is 2.89 bits per heavy atom. The number of benzene rings is 1. The second-order valence-corrected chi connectivity index (χ2v) is 7.66. The number of amides is 1. The van der Waals surface area contributed by atoms with Gasteiger partial charge in [-0.3, -0.25) is 0 Å². The van der Waals surface area contributed by atoms with Gasteiger partial charge in [0, 0.05) is 0 Å². The minimum atomic E-state index is -0.0910. The molecule has 0 unspecified atom stereocenters. The van der Waals surface area contributed by atoms with Crippen molar-refractivity contribution in [1.29, 1.82) is 5.41 Å². The van der Waals surface area contributed by atoms with Gasteiger partial charge in [-0.15, -0.1) is 0 Å². The Hall–Kier alpha value is -0.841. The minimum absolute atomic E-state index is 0.0197. The number of hydrogen-bond donors (Lipinski definition) is 3. The summed E-state index contributed by atoms with van der Waals surface area (Å²) in [7, 11) is 0. The van der Waals surface area contributed by atoms with Crippen LogP contribution < -0.4 is 11.1 Å². The molecule has 0 bridgehead atoms. The zero-order valence-corrected chi connectivity index (χ0v) is 13.7. The van der Waals surface area contributed by atoms with Crippen molar-refractivity contribution in [3.8, 4) is 0 Å². The van der Waals surface area contributed by atoms with Crippen LogP contribution in [0.2, 0.25) is 0 Å². The molecule has 1 amide bonds. The molecule has 1 fully saturated rings. The molecule has 0 atom stereocenters. The first-order chi connectivity index (χ1) is 9.06. The molecule has 0 saturated heterocycles. The average molecular weight is 389 g/mol. The Balaban J connectivity index is 2.07. The van der Waals surface area contributed by atoms with Gasteiger partial charge in [0.15, 0.2) is 0 Å². The molecule has 4 nitrogen and oxygen atoms in total. The second-order valence-electron chi connectivity index (χ2n) is 4.61. The number of amidine groups is 1. The van der Waals surface area contributed by atoms with Crippen molar-refractivity contribution in [3.63, 3.8) is 0 Å². The number of nitrogens with one attached hydrogen (secondary N) is 2. The molecule has 1 aromatic carbocycles. The fourth-order valence-corrected chi connectivity index (χ4v) is 3.28. The molecule has 1 aromatic rings. The van der Waals surface area contributed by atoms with E-state index in [0.29, 0.717) is 16.8 Å². The van der Waals surface area contributed by atoms with Crippen molar-refractivity contribution in [2.75, 3.05) is 6.54 Å². The first-order valence-corrected chi connectivity index (χ1v) is 8.96. The van der Waals surface area contributed by atoms with Crippen LogP contribution >= 0.6 is 15.9 Å². The molecular formula is C13H16BrN3OSe. The Bertz CT molecular complexity index is 503. The molecule has 2 rings (SSSR count). The van der Waals surface area contributed by atoms with E-state index in [9.17, 15) is 4.79 Å². The van der Waals surface area contributed by atoms with Crippen molar-refractivity contribution in [2.45, 2.75) is 18.2 Å². The van der Waals surface area contributed by atoms with Gasteiger partial charge in [0.1, 0.15) is 0 Å². The summed E-state index contributed by atoms with van der Waals surface area (Å²) in [5.41, 5.74) is 7.07. The Labute approximate surface area is 127 Å². The van der Waals surface area contributed by atoms with Crippen LogP contribution in [0.5, 0.6) is 0 Å². The van der Waals surface area contributed by atoms with Crippen LogP contribution in [0.25, 0.3) is 0 Å². The molecule has 0 heterocycles. The van der Waals surface area contributed by atoms with Gasteiger partial charge in [0.05, 0.1) is 0 Å². The van der Waals surface area contributed by atoms with E-state index in [1.807, 2.05) is 18.2 Å². The summed E-state index contributed by atoms with van der Waals surface area (Å²) < 4.78 is 1.15. The van der Waals surface area contributed by atoms with E-state index >= 15 is 0 Å². The van der Waals surface area contributed by atoms with Gasteiger partial charge in [-0.1, -0.05) is 0 Å². The van der Waals surface area contributed by atoms with Gasteiger partial charge in [-0.2, -0.15) is 0 Å². The summed E-state index contributed by atoms with van der Waals surface area (Å²) in [5, 5.41) is 11.0. The van der Waals surface area contributed by atoms with Crippen LogP contribution in [0, 0.1) is 11.3 Å². The Kier molecular flexibility index (Phi) is 5.02. The zero-order valence-electron chi connectivity index (χ0n) is 10.4. The van der Waals surface area contributed by atoms with E-state index in [-0.39, 0.29) is 25.6 Å². The average Bonchev–Trinajstić information content (AvgIpc) is 3.17. The second kappa shape index (κ2) is 6.55. The topological polar surface area (TPSA) is 79.0 Å². The molecule has 6 heteroatoms. The molecule has 0 radical (unpaired) electrons. The number of rotatable bonds is 6. The van der Waals surface area contributed by atoms with Crippen LogP contribution in [0.3, 0.4) is 0 Å². The van der Waals surface area contributed by atoms with Crippen molar-refractivity contribution in [1.82, 2.24) is 5.32 Å². The first kappa shape index (κ1) is 14.6. The number of carbonyl (C=O) groups excluding carboxylic acids is 1. The van der Waals surface area contributed by atoms with Crippen molar-refractivity contribution in [2.24, 2.45) is 11.7 Å². The van der Waals surface area contributed by atoms with E-state index in [2.05, 4.69) is 21.2 Å². The third-order valence-electron chi connectivity index (χ3n) is 2.94. The summed E-state index contributed by atoms with van der Waals surface area (Å²) in [4.78, 5) is 12.1. The van der Waals surface area contributed by atoms with E-state index < -0.39 is 0 Å². The summed E-state index contributed by atoms with van der Waals surface area (Å²) in [6, 6.07) is 5.64. The quantitative estimate of drug-likeness (QED) is 0.393. The maximum atomic E-state index is 12.1. The van der Waals surface area contributed by atoms with Crippen molar-refractivity contribution in [3.05, 3.63) is 33.8 Å². The van der Waals surface area contributed by atoms with Crippen LogP contribution in [0.1, 0.15) is 28.8 Å². The van der Waals surface area contributed by atoms with Gasteiger partial charge >= 0.3 is 127 Å². The van der Waals surface area contributed by atoms with Gasteiger partial charge < -0.3 is 0 Å². The molecular weight excluding hydrogens is 373 g/mol. The van der Waals surface area contributed by atoms with Crippen LogP contribution in [0.15, 0.2) is 22.7 Å². The Morgan fingerprint density at radius 1 is 1.53 bits per heavy atom.